The van der Waals surface area contributed by atoms with Crippen LogP contribution in [-0.2, 0) is 15.9 Å². The molecule has 0 aliphatic heterocycles. The average molecular weight is 318 g/mol. The van der Waals surface area contributed by atoms with E-state index in [0.717, 1.165) is 12.0 Å². The van der Waals surface area contributed by atoms with Gasteiger partial charge in [0.05, 0.1) is 13.7 Å². The van der Waals surface area contributed by atoms with E-state index in [2.05, 4.69) is 0 Å². The summed E-state index contributed by atoms with van der Waals surface area (Å²) in [5.74, 6) is 1.30. The monoisotopic (exact) mass is 317 g/mol. The van der Waals surface area contributed by atoms with Gasteiger partial charge in [0.25, 0.3) is 0 Å². The number of rotatable bonds is 11. The lowest BCUT2D eigenvalue weighted by atomic mass is 10.1. The molecule has 0 saturated carbocycles. The summed E-state index contributed by atoms with van der Waals surface area (Å²) in [6.45, 7) is 2.84. The molecule has 120 valence electrons. The third-order valence-electron chi connectivity index (χ3n) is 2.84. The zero-order valence-corrected chi connectivity index (χ0v) is 13.4. The highest BCUT2D eigenvalue weighted by Gasteiger charge is 2.12. The smallest absolute Gasteiger partial charge is 0.164 e. The lowest BCUT2D eigenvalue weighted by Gasteiger charge is -2.15. The van der Waals surface area contributed by atoms with Gasteiger partial charge in [-0.3, -0.25) is 0 Å². The minimum absolute atomic E-state index is 0.447. The molecule has 5 nitrogen and oxygen atoms in total. The molecule has 0 amide bonds. The number of methoxy groups -OCH3 is 2. The van der Waals surface area contributed by atoms with E-state index in [1.165, 1.54) is 0 Å². The molecule has 0 unspecified atom stereocenters. The first-order chi connectivity index (χ1) is 10.2. The Balaban J connectivity index is 2.52. The first kappa shape index (κ1) is 18.0. The molecule has 0 aliphatic carbocycles. The van der Waals surface area contributed by atoms with Gasteiger partial charge >= 0.3 is 0 Å². The van der Waals surface area contributed by atoms with E-state index < -0.39 is 0 Å². The maximum absolute atomic E-state index is 6.06. The minimum Gasteiger partial charge on any atom is -0.493 e. The van der Waals surface area contributed by atoms with Gasteiger partial charge in [-0.2, -0.15) is 0 Å². The predicted molar refractivity (Wildman–Crippen MR) is 83.6 cm³/mol. The molecule has 0 spiro atoms. The van der Waals surface area contributed by atoms with Gasteiger partial charge < -0.3 is 24.7 Å². The van der Waals surface area contributed by atoms with Crippen molar-refractivity contribution in [3.8, 4) is 11.5 Å². The van der Waals surface area contributed by atoms with Crippen LogP contribution in [0.4, 0.5) is 0 Å². The molecular formula is C15H24ClNO4. The van der Waals surface area contributed by atoms with Gasteiger partial charge in [0.2, 0.25) is 0 Å². The Morgan fingerprint density at radius 2 is 1.90 bits per heavy atom. The van der Waals surface area contributed by atoms with Crippen LogP contribution >= 0.6 is 11.6 Å². The summed E-state index contributed by atoms with van der Waals surface area (Å²) in [7, 11) is 3.26. The Bertz CT molecular complexity index is 415. The summed E-state index contributed by atoms with van der Waals surface area (Å²) in [4.78, 5) is 0. The van der Waals surface area contributed by atoms with Crippen molar-refractivity contribution in [2.24, 2.45) is 5.73 Å². The second-order valence-corrected chi connectivity index (χ2v) is 4.88. The van der Waals surface area contributed by atoms with Crippen LogP contribution in [-0.4, -0.2) is 47.2 Å². The molecule has 0 saturated heterocycles. The van der Waals surface area contributed by atoms with Crippen molar-refractivity contribution in [3.63, 3.8) is 0 Å². The molecule has 0 bridgehead atoms. The first-order valence-corrected chi connectivity index (χ1v) is 7.36. The van der Waals surface area contributed by atoms with Gasteiger partial charge in [-0.1, -0.05) is 11.6 Å². The summed E-state index contributed by atoms with van der Waals surface area (Å²) >= 11 is 6.06. The molecule has 1 aromatic rings. The van der Waals surface area contributed by atoms with Crippen molar-refractivity contribution in [2.75, 3.05) is 47.2 Å². The van der Waals surface area contributed by atoms with E-state index in [9.17, 15) is 0 Å². The summed E-state index contributed by atoms with van der Waals surface area (Å²) < 4.78 is 21.5. The SMILES string of the molecule is COCCCOCCOc1c(CCN)cc(Cl)cc1OC. The van der Waals surface area contributed by atoms with Crippen LogP contribution in [0.3, 0.4) is 0 Å². The molecule has 0 heterocycles. The van der Waals surface area contributed by atoms with Crippen molar-refractivity contribution in [3.05, 3.63) is 22.7 Å². The molecule has 1 rings (SSSR count). The normalized spacial score (nSPS) is 10.7. The second-order valence-electron chi connectivity index (χ2n) is 4.44. The molecule has 21 heavy (non-hydrogen) atoms. The average Bonchev–Trinajstić information content (AvgIpc) is 2.48. The highest BCUT2D eigenvalue weighted by Crippen LogP contribution is 2.34. The number of benzene rings is 1. The van der Waals surface area contributed by atoms with Gasteiger partial charge in [-0.15, -0.1) is 0 Å². The Kier molecular flexibility index (Phi) is 9.17. The lowest BCUT2D eigenvalue weighted by molar-refractivity contribution is 0.0797. The number of hydrogen-bond acceptors (Lipinski definition) is 5. The third-order valence-corrected chi connectivity index (χ3v) is 3.06. The maximum atomic E-state index is 6.06. The molecule has 0 aromatic heterocycles. The van der Waals surface area contributed by atoms with E-state index in [4.69, 9.17) is 36.3 Å². The quantitative estimate of drug-likeness (QED) is 0.634. The van der Waals surface area contributed by atoms with Crippen molar-refractivity contribution in [2.45, 2.75) is 12.8 Å². The zero-order valence-electron chi connectivity index (χ0n) is 12.7. The van der Waals surface area contributed by atoms with E-state index >= 15 is 0 Å². The van der Waals surface area contributed by atoms with Crippen molar-refractivity contribution >= 4 is 11.6 Å². The molecular weight excluding hydrogens is 294 g/mol. The van der Waals surface area contributed by atoms with Gasteiger partial charge in [-0.25, -0.2) is 0 Å². The van der Waals surface area contributed by atoms with Crippen molar-refractivity contribution in [1.82, 2.24) is 0 Å². The highest BCUT2D eigenvalue weighted by atomic mass is 35.5. The first-order valence-electron chi connectivity index (χ1n) is 6.98. The lowest BCUT2D eigenvalue weighted by Crippen LogP contribution is -2.11. The van der Waals surface area contributed by atoms with E-state index in [1.54, 1.807) is 20.3 Å². The standard InChI is InChI=1S/C15H24ClNO4/c1-18-6-3-7-20-8-9-21-15-12(4-5-17)10-13(16)11-14(15)19-2/h10-11H,3-9,17H2,1-2H3. The van der Waals surface area contributed by atoms with Gasteiger partial charge in [0.15, 0.2) is 11.5 Å². The zero-order chi connectivity index (χ0) is 15.5. The van der Waals surface area contributed by atoms with Gasteiger partial charge in [-0.05, 0) is 25.5 Å². The Labute approximate surface area is 131 Å². The van der Waals surface area contributed by atoms with Crippen LogP contribution in [0.1, 0.15) is 12.0 Å². The van der Waals surface area contributed by atoms with E-state index in [-0.39, 0.29) is 0 Å². The molecule has 2 N–H and O–H groups in total. The van der Waals surface area contributed by atoms with Crippen LogP contribution in [0.25, 0.3) is 0 Å². The topological polar surface area (TPSA) is 62.9 Å². The highest BCUT2D eigenvalue weighted by molar-refractivity contribution is 6.30. The Morgan fingerprint density at radius 3 is 2.57 bits per heavy atom. The molecule has 0 aliphatic rings. The van der Waals surface area contributed by atoms with Crippen LogP contribution in [0, 0.1) is 0 Å². The fourth-order valence-corrected chi connectivity index (χ4v) is 2.12. The second kappa shape index (κ2) is 10.7. The summed E-state index contributed by atoms with van der Waals surface area (Å²) in [6, 6.07) is 3.59. The number of halogens is 1. The summed E-state index contributed by atoms with van der Waals surface area (Å²) in [5, 5.41) is 0.610. The van der Waals surface area contributed by atoms with Crippen molar-refractivity contribution in [1.29, 1.82) is 0 Å². The fraction of sp³-hybridized carbons (Fsp3) is 0.600. The van der Waals surface area contributed by atoms with Crippen LogP contribution in [0.5, 0.6) is 11.5 Å². The number of hydrogen-bond donors (Lipinski definition) is 1. The number of ether oxygens (including phenoxy) is 4. The third kappa shape index (κ3) is 6.52. The molecule has 0 fully saturated rings. The predicted octanol–water partition coefficient (Wildman–Crippen LogP) is 2.28. The molecule has 0 atom stereocenters. The molecule has 6 heteroatoms. The van der Waals surface area contributed by atoms with E-state index in [1.807, 2.05) is 6.07 Å². The van der Waals surface area contributed by atoms with Crippen LogP contribution in [0.2, 0.25) is 5.02 Å². The molecule has 0 radical (unpaired) electrons. The van der Waals surface area contributed by atoms with Gasteiger partial charge in [0, 0.05) is 37.0 Å². The fourth-order valence-electron chi connectivity index (χ4n) is 1.89. The van der Waals surface area contributed by atoms with Gasteiger partial charge in [0.1, 0.15) is 6.61 Å². The molecule has 1 aromatic carbocycles. The largest absolute Gasteiger partial charge is 0.493 e. The minimum atomic E-state index is 0.447. The van der Waals surface area contributed by atoms with Crippen LogP contribution < -0.4 is 15.2 Å². The van der Waals surface area contributed by atoms with Crippen LogP contribution in [0.15, 0.2) is 12.1 Å². The van der Waals surface area contributed by atoms with Crippen molar-refractivity contribution < 1.29 is 18.9 Å². The summed E-state index contributed by atoms with van der Waals surface area (Å²) in [5.41, 5.74) is 6.56. The Morgan fingerprint density at radius 1 is 1.10 bits per heavy atom. The maximum Gasteiger partial charge on any atom is 0.164 e. The summed E-state index contributed by atoms with van der Waals surface area (Å²) in [6.07, 6.45) is 1.56. The van der Waals surface area contributed by atoms with E-state index in [0.29, 0.717) is 55.9 Å². The Hall–Kier alpha value is -1.01. The number of nitrogens with two attached hydrogens (primary N) is 1.